The highest BCUT2D eigenvalue weighted by Crippen LogP contribution is 2.15. The predicted molar refractivity (Wildman–Crippen MR) is 46.3 cm³/mol. The van der Waals surface area contributed by atoms with Crippen molar-refractivity contribution in [1.82, 2.24) is 9.78 Å². The SMILES string of the molecule is CC(C)n1ncc(CC#N)c1N. The molecule has 4 nitrogen and oxygen atoms in total. The molecule has 1 aromatic rings. The molecule has 0 bridgehead atoms. The quantitative estimate of drug-likeness (QED) is 0.712. The molecule has 1 rings (SSSR count). The second kappa shape index (κ2) is 3.26. The van der Waals surface area contributed by atoms with Crippen LogP contribution in [0.4, 0.5) is 5.82 Å². The molecule has 0 aromatic carbocycles. The highest BCUT2D eigenvalue weighted by atomic mass is 15.3. The summed E-state index contributed by atoms with van der Waals surface area (Å²) >= 11 is 0. The van der Waals surface area contributed by atoms with Gasteiger partial charge in [0.2, 0.25) is 0 Å². The van der Waals surface area contributed by atoms with Crippen LogP contribution in [0.3, 0.4) is 0 Å². The van der Waals surface area contributed by atoms with Gasteiger partial charge in [-0.25, -0.2) is 4.68 Å². The van der Waals surface area contributed by atoms with Gasteiger partial charge >= 0.3 is 0 Å². The molecular formula is C8H12N4. The van der Waals surface area contributed by atoms with Crippen LogP contribution in [0, 0.1) is 11.3 Å². The molecule has 64 valence electrons. The van der Waals surface area contributed by atoms with Crippen LogP contribution < -0.4 is 5.73 Å². The zero-order valence-electron chi connectivity index (χ0n) is 7.28. The highest BCUT2D eigenvalue weighted by molar-refractivity contribution is 5.40. The molecule has 0 unspecified atom stereocenters. The molecule has 0 spiro atoms. The van der Waals surface area contributed by atoms with E-state index in [0.717, 1.165) is 5.56 Å². The molecule has 0 fully saturated rings. The van der Waals surface area contributed by atoms with Crippen molar-refractivity contribution >= 4 is 5.82 Å². The minimum atomic E-state index is 0.248. The van der Waals surface area contributed by atoms with E-state index >= 15 is 0 Å². The van der Waals surface area contributed by atoms with E-state index < -0.39 is 0 Å². The van der Waals surface area contributed by atoms with Crippen molar-refractivity contribution in [1.29, 1.82) is 5.26 Å². The van der Waals surface area contributed by atoms with Crippen LogP contribution in [0.2, 0.25) is 0 Å². The maximum atomic E-state index is 8.45. The van der Waals surface area contributed by atoms with Gasteiger partial charge in [0, 0.05) is 11.6 Å². The number of aromatic nitrogens is 2. The Morgan fingerprint density at radius 2 is 2.42 bits per heavy atom. The Bertz CT molecular complexity index is 305. The van der Waals surface area contributed by atoms with E-state index in [1.165, 1.54) is 0 Å². The van der Waals surface area contributed by atoms with Crippen LogP contribution in [0.5, 0.6) is 0 Å². The average Bonchev–Trinajstić information content (AvgIpc) is 2.34. The maximum Gasteiger partial charge on any atom is 0.126 e. The predicted octanol–water partition coefficient (Wildman–Crippen LogP) is 1.11. The number of hydrogen-bond acceptors (Lipinski definition) is 3. The lowest BCUT2D eigenvalue weighted by atomic mass is 10.2. The number of nitrogens with zero attached hydrogens (tertiary/aromatic N) is 3. The summed E-state index contributed by atoms with van der Waals surface area (Å²) in [5.74, 6) is 0.603. The third-order valence-corrected chi connectivity index (χ3v) is 1.67. The highest BCUT2D eigenvalue weighted by Gasteiger charge is 2.08. The van der Waals surface area contributed by atoms with Crippen molar-refractivity contribution in [2.45, 2.75) is 26.3 Å². The topological polar surface area (TPSA) is 67.6 Å². The van der Waals surface area contributed by atoms with Gasteiger partial charge < -0.3 is 5.73 Å². The van der Waals surface area contributed by atoms with Gasteiger partial charge in [0.25, 0.3) is 0 Å². The molecule has 2 N–H and O–H groups in total. The Hall–Kier alpha value is -1.50. The van der Waals surface area contributed by atoms with Crippen molar-refractivity contribution < 1.29 is 0 Å². The van der Waals surface area contributed by atoms with Crippen LogP contribution in [0.25, 0.3) is 0 Å². The van der Waals surface area contributed by atoms with Gasteiger partial charge in [0.05, 0.1) is 18.7 Å². The molecule has 0 saturated carbocycles. The van der Waals surface area contributed by atoms with Gasteiger partial charge in [-0.2, -0.15) is 10.4 Å². The van der Waals surface area contributed by atoms with E-state index in [2.05, 4.69) is 5.10 Å². The first kappa shape index (κ1) is 8.60. The normalized spacial score (nSPS) is 10.2. The lowest BCUT2D eigenvalue weighted by molar-refractivity contribution is 0.540. The molecule has 0 amide bonds. The Labute approximate surface area is 71.6 Å². The summed E-state index contributed by atoms with van der Waals surface area (Å²) in [5, 5.41) is 12.5. The second-order valence-electron chi connectivity index (χ2n) is 2.93. The minimum Gasteiger partial charge on any atom is -0.384 e. The van der Waals surface area contributed by atoms with E-state index in [0.29, 0.717) is 12.2 Å². The average molecular weight is 164 g/mol. The molecule has 4 heteroatoms. The number of hydrogen-bond donors (Lipinski definition) is 1. The summed E-state index contributed by atoms with van der Waals surface area (Å²) in [5.41, 5.74) is 6.55. The lowest BCUT2D eigenvalue weighted by Gasteiger charge is -2.07. The van der Waals surface area contributed by atoms with Crippen molar-refractivity contribution in [3.8, 4) is 6.07 Å². The van der Waals surface area contributed by atoms with E-state index in [-0.39, 0.29) is 6.04 Å². The Balaban J connectivity index is 2.98. The number of nitrogens with two attached hydrogens (primary N) is 1. The number of nitrogen functional groups attached to an aromatic ring is 1. The molecular weight excluding hydrogens is 152 g/mol. The third kappa shape index (κ3) is 1.40. The summed E-state index contributed by atoms with van der Waals surface area (Å²) in [6.45, 7) is 4.00. The van der Waals surface area contributed by atoms with E-state index in [4.69, 9.17) is 11.0 Å². The lowest BCUT2D eigenvalue weighted by Crippen LogP contribution is -2.07. The Kier molecular flexibility index (Phi) is 2.34. The van der Waals surface area contributed by atoms with Crippen molar-refractivity contribution in [2.75, 3.05) is 5.73 Å². The molecule has 12 heavy (non-hydrogen) atoms. The van der Waals surface area contributed by atoms with Crippen LogP contribution in [0.1, 0.15) is 25.5 Å². The van der Waals surface area contributed by atoms with E-state index in [1.807, 2.05) is 19.9 Å². The number of anilines is 1. The van der Waals surface area contributed by atoms with Gasteiger partial charge in [-0.05, 0) is 13.8 Å². The van der Waals surface area contributed by atoms with Crippen molar-refractivity contribution in [2.24, 2.45) is 0 Å². The molecule has 1 heterocycles. The summed E-state index contributed by atoms with van der Waals surface area (Å²) < 4.78 is 1.71. The summed E-state index contributed by atoms with van der Waals surface area (Å²) in [4.78, 5) is 0. The smallest absolute Gasteiger partial charge is 0.126 e. The van der Waals surface area contributed by atoms with Crippen molar-refractivity contribution in [3.05, 3.63) is 11.8 Å². The van der Waals surface area contributed by atoms with Crippen molar-refractivity contribution in [3.63, 3.8) is 0 Å². The van der Waals surface area contributed by atoms with Gasteiger partial charge in [-0.1, -0.05) is 0 Å². The zero-order valence-corrected chi connectivity index (χ0v) is 7.28. The zero-order chi connectivity index (χ0) is 9.14. The summed E-state index contributed by atoms with van der Waals surface area (Å²) in [7, 11) is 0. The fraction of sp³-hybridized carbons (Fsp3) is 0.500. The van der Waals surface area contributed by atoms with E-state index in [9.17, 15) is 0 Å². The van der Waals surface area contributed by atoms with Gasteiger partial charge in [0.15, 0.2) is 0 Å². The fourth-order valence-corrected chi connectivity index (χ4v) is 1.04. The molecule has 0 aliphatic rings. The monoisotopic (exact) mass is 164 g/mol. The second-order valence-corrected chi connectivity index (χ2v) is 2.93. The largest absolute Gasteiger partial charge is 0.384 e. The Morgan fingerprint density at radius 3 is 2.83 bits per heavy atom. The molecule has 1 aromatic heterocycles. The van der Waals surface area contributed by atoms with Gasteiger partial charge in [-0.3, -0.25) is 0 Å². The van der Waals surface area contributed by atoms with Crippen LogP contribution in [-0.2, 0) is 6.42 Å². The number of nitriles is 1. The Morgan fingerprint density at radius 1 is 1.75 bits per heavy atom. The van der Waals surface area contributed by atoms with E-state index in [1.54, 1.807) is 10.9 Å². The first-order chi connectivity index (χ1) is 5.66. The van der Waals surface area contributed by atoms with Crippen LogP contribution in [-0.4, -0.2) is 9.78 Å². The first-order valence-electron chi connectivity index (χ1n) is 3.85. The standard InChI is InChI=1S/C8H12N4/c1-6(2)12-8(10)7(3-4-9)5-11-12/h5-6H,3,10H2,1-2H3. The van der Waals surface area contributed by atoms with Gasteiger partial charge in [-0.15, -0.1) is 0 Å². The fourth-order valence-electron chi connectivity index (χ4n) is 1.04. The summed E-state index contributed by atoms with van der Waals surface area (Å²) in [6, 6.07) is 2.29. The number of rotatable bonds is 2. The van der Waals surface area contributed by atoms with Gasteiger partial charge in [0.1, 0.15) is 5.82 Å². The molecule has 0 saturated heterocycles. The summed E-state index contributed by atoms with van der Waals surface area (Å²) in [6.07, 6.45) is 1.98. The molecule has 0 atom stereocenters. The maximum absolute atomic E-state index is 8.45. The minimum absolute atomic E-state index is 0.248. The molecule has 0 aliphatic heterocycles. The molecule has 0 aliphatic carbocycles. The third-order valence-electron chi connectivity index (χ3n) is 1.67. The van der Waals surface area contributed by atoms with Crippen LogP contribution in [0.15, 0.2) is 6.20 Å². The van der Waals surface area contributed by atoms with Crippen LogP contribution >= 0.6 is 0 Å². The molecule has 0 radical (unpaired) electrons. The first-order valence-corrected chi connectivity index (χ1v) is 3.85.